The van der Waals surface area contributed by atoms with Crippen molar-refractivity contribution in [3.8, 4) is 0 Å². The third-order valence-electron chi connectivity index (χ3n) is 1.25. The van der Waals surface area contributed by atoms with Gasteiger partial charge >= 0.3 is 5.97 Å². The van der Waals surface area contributed by atoms with Gasteiger partial charge in [0.05, 0.1) is 0 Å². The van der Waals surface area contributed by atoms with E-state index in [1.165, 1.54) is 0 Å². The first-order valence-electron chi connectivity index (χ1n) is 2.86. The molecule has 0 saturated heterocycles. The average molecular weight is 155 g/mol. The fraction of sp³-hybridized carbons (Fsp3) is 0.167. The molecule has 0 bridgehead atoms. The van der Waals surface area contributed by atoms with Crippen molar-refractivity contribution < 1.29 is 19.5 Å². The van der Waals surface area contributed by atoms with Gasteiger partial charge in [-0.1, -0.05) is 0 Å². The molecule has 1 unspecified atom stereocenters. The number of allylic oxidation sites excluding steroid dienone is 1. The van der Waals surface area contributed by atoms with Crippen LogP contribution in [0.2, 0.25) is 0 Å². The number of Topliss-reactive ketones (excluding diaryl/α,β-unsaturated/α-hetero) is 1. The normalized spacial score (nSPS) is 23.1. The second-order valence-electron chi connectivity index (χ2n) is 2.00. The van der Waals surface area contributed by atoms with Crippen LogP contribution in [0.25, 0.3) is 0 Å². The third-order valence-corrected chi connectivity index (χ3v) is 1.25. The number of aliphatic carboxylic acids is 1. The molecule has 0 fully saturated rings. The van der Waals surface area contributed by atoms with Crippen molar-refractivity contribution in [2.45, 2.75) is 6.04 Å². The van der Waals surface area contributed by atoms with Gasteiger partial charge in [-0.15, -0.1) is 0 Å². The van der Waals surface area contributed by atoms with Crippen molar-refractivity contribution >= 4 is 17.5 Å². The lowest BCUT2D eigenvalue weighted by Gasteiger charge is -2.12. The highest BCUT2D eigenvalue weighted by Gasteiger charge is 2.31. The molecule has 0 saturated carbocycles. The van der Waals surface area contributed by atoms with Crippen LogP contribution in [0.3, 0.4) is 0 Å². The summed E-state index contributed by atoms with van der Waals surface area (Å²) in [4.78, 5) is 31.5. The van der Waals surface area contributed by atoms with E-state index in [0.29, 0.717) is 0 Å². The number of carboxylic acids is 1. The Morgan fingerprint density at radius 1 is 1.55 bits per heavy atom. The zero-order valence-corrected chi connectivity index (χ0v) is 5.40. The van der Waals surface area contributed by atoms with Crippen LogP contribution in [0.1, 0.15) is 0 Å². The highest BCUT2D eigenvalue weighted by atomic mass is 16.4. The molecule has 1 atom stereocenters. The summed E-state index contributed by atoms with van der Waals surface area (Å²) in [6.45, 7) is 0. The van der Waals surface area contributed by atoms with E-state index in [9.17, 15) is 14.4 Å². The first-order valence-corrected chi connectivity index (χ1v) is 2.86. The Kier molecular flexibility index (Phi) is 1.72. The maximum Gasteiger partial charge on any atom is 0.334 e. The second-order valence-corrected chi connectivity index (χ2v) is 2.00. The minimum absolute atomic E-state index is 0.781. The lowest BCUT2D eigenvalue weighted by Crippen LogP contribution is -2.46. The summed E-state index contributed by atoms with van der Waals surface area (Å²) in [5.74, 6) is -3.05. The quantitative estimate of drug-likeness (QED) is 0.363. The van der Waals surface area contributed by atoms with Gasteiger partial charge in [-0.25, -0.2) is 4.79 Å². The number of carbonyl (C=O) groups is 3. The fourth-order valence-electron chi connectivity index (χ4n) is 0.704. The average Bonchev–Trinajstić information content (AvgIpc) is 1.94. The fourth-order valence-corrected chi connectivity index (χ4v) is 0.704. The van der Waals surface area contributed by atoms with Crippen molar-refractivity contribution in [3.05, 3.63) is 12.3 Å². The molecular weight excluding hydrogens is 150 g/mol. The van der Waals surface area contributed by atoms with Crippen LogP contribution < -0.4 is 5.32 Å². The van der Waals surface area contributed by atoms with Crippen LogP contribution in [0.15, 0.2) is 12.3 Å². The number of carbonyl (C=O) groups excluding carboxylic acids is 2. The number of hydrogen-bond acceptors (Lipinski definition) is 4. The Bertz CT molecular complexity index is 255. The summed E-state index contributed by atoms with van der Waals surface area (Å²) >= 11 is 0. The summed E-state index contributed by atoms with van der Waals surface area (Å²) < 4.78 is 0. The van der Waals surface area contributed by atoms with Gasteiger partial charge in [0, 0.05) is 12.3 Å². The Balaban J connectivity index is 2.87. The van der Waals surface area contributed by atoms with E-state index in [0.717, 1.165) is 12.3 Å². The predicted molar refractivity (Wildman–Crippen MR) is 33.7 cm³/mol. The molecule has 1 heterocycles. The lowest BCUT2D eigenvalue weighted by atomic mass is 10.1. The molecule has 58 valence electrons. The summed E-state index contributed by atoms with van der Waals surface area (Å²) in [6, 6.07) is -1.41. The maximum absolute atomic E-state index is 10.7. The van der Waals surface area contributed by atoms with Gasteiger partial charge in [0.15, 0.2) is 6.04 Å². The van der Waals surface area contributed by atoms with Crippen molar-refractivity contribution in [2.75, 3.05) is 0 Å². The van der Waals surface area contributed by atoms with Crippen LogP contribution in [-0.4, -0.2) is 28.7 Å². The van der Waals surface area contributed by atoms with E-state index >= 15 is 0 Å². The molecule has 1 aliphatic heterocycles. The van der Waals surface area contributed by atoms with E-state index in [4.69, 9.17) is 5.11 Å². The SMILES string of the molecule is O=C1C=CNC(C(=O)O)C1=O. The van der Waals surface area contributed by atoms with E-state index in [1.54, 1.807) is 0 Å². The van der Waals surface area contributed by atoms with Gasteiger partial charge in [-0.3, -0.25) is 9.59 Å². The van der Waals surface area contributed by atoms with E-state index in [-0.39, 0.29) is 0 Å². The molecule has 0 aromatic rings. The van der Waals surface area contributed by atoms with Gasteiger partial charge < -0.3 is 10.4 Å². The largest absolute Gasteiger partial charge is 0.479 e. The number of nitrogens with one attached hydrogen (secondary N) is 1. The van der Waals surface area contributed by atoms with Crippen LogP contribution >= 0.6 is 0 Å². The lowest BCUT2D eigenvalue weighted by molar-refractivity contribution is -0.146. The van der Waals surface area contributed by atoms with Gasteiger partial charge in [0.2, 0.25) is 11.6 Å². The molecular formula is C6H5NO4. The number of ketones is 2. The molecule has 0 amide bonds. The highest BCUT2D eigenvalue weighted by molar-refractivity contribution is 6.47. The summed E-state index contributed by atoms with van der Waals surface area (Å²) in [5.41, 5.74) is 0. The Labute approximate surface area is 61.7 Å². The molecule has 5 heteroatoms. The summed E-state index contributed by atoms with van der Waals surface area (Å²) in [6.07, 6.45) is 2.16. The zero-order chi connectivity index (χ0) is 8.43. The standard InChI is InChI=1S/C6H5NO4/c8-3-1-2-7-4(5(3)9)6(10)11/h1-2,4,7H,(H,10,11). The maximum atomic E-state index is 10.7. The third kappa shape index (κ3) is 1.26. The monoisotopic (exact) mass is 155 g/mol. The Morgan fingerprint density at radius 2 is 2.18 bits per heavy atom. The predicted octanol–water partition coefficient (Wildman–Crippen LogP) is -1.31. The first kappa shape index (κ1) is 7.46. The van der Waals surface area contributed by atoms with Gasteiger partial charge in [0.25, 0.3) is 0 Å². The molecule has 1 rings (SSSR count). The van der Waals surface area contributed by atoms with Crippen molar-refractivity contribution in [2.24, 2.45) is 0 Å². The molecule has 0 aromatic heterocycles. The Hall–Kier alpha value is -1.65. The van der Waals surface area contributed by atoms with Gasteiger partial charge in [-0.05, 0) is 0 Å². The van der Waals surface area contributed by atoms with Crippen LogP contribution in [0.4, 0.5) is 0 Å². The number of hydrogen-bond donors (Lipinski definition) is 2. The van der Waals surface area contributed by atoms with Crippen molar-refractivity contribution in [1.29, 1.82) is 0 Å². The van der Waals surface area contributed by atoms with Crippen molar-refractivity contribution in [3.63, 3.8) is 0 Å². The topological polar surface area (TPSA) is 83.5 Å². The minimum atomic E-state index is -1.41. The molecule has 1 aliphatic rings. The zero-order valence-electron chi connectivity index (χ0n) is 5.40. The smallest absolute Gasteiger partial charge is 0.334 e. The highest BCUT2D eigenvalue weighted by Crippen LogP contribution is 1.96. The van der Waals surface area contributed by atoms with Crippen LogP contribution in [-0.2, 0) is 14.4 Å². The molecule has 0 spiro atoms. The summed E-state index contributed by atoms with van der Waals surface area (Å²) in [7, 11) is 0. The van der Waals surface area contributed by atoms with E-state index < -0.39 is 23.6 Å². The van der Waals surface area contributed by atoms with Crippen molar-refractivity contribution in [1.82, 2.24) is 5.32 Å². The molecule has 0 aromatic carbocycles. The van der Waals surface area contributed by atoms with E-state index in [1.807, 2.05) is 0 Å². The van der Waals surface area contributed by atoms with E-state index in [2.05, 4.69) is 5.32 Å². The van der Waals surface area contributed by atoms with Crippen LogP contribution in [0, 0.1) is 0 Å². The molecule has 11 heavy (non-hydrogen) atoms. The number of rotatable bonds is 1. The Morgan fingerprint density at radius 3 is 2.64 bits per heavy atom. The number of carboxylic acid groups (broad SMARTS) is 1. The first-order chi connectivity index (χ1) is 5.13. The minimum Gasteiger partial charge on any atom is -0.479 e. The summed E-state index contributed by atoms with van der Waals surface area (Å²) in [5, 5.41) is 10.6. The van der Waals surface area contributed by atoms with Crippen LogP contribution in [0.5, 0.6) is 0 Å². The molecule has 0 radical (unpaired) electrons. The molecule has 0 aliphatic carbocycles. The molecule has 2 N–H and O–H groups in total. The second kappa shape index (κ2) is 2.53. The van der Waals surface area contributed by atoms with Gasteiger partial charge in [0.1, 0.15) is 0 Å². The molecule has 5 nitrogen and oxygen atoms in total. The van der Waals surface area contributed by atoms with Gasteiger partial charge in [-0.2, -0.15) is 0 Å².